The van der Waals surface area contributed by atoms with E-state index in [1.54, 1.807) is 0 Å². The molecule has 6 nitrogen and oxygen atoms in total. The molecule has 2 N–H and O–H groups in total. The van der Waals surface area contributed by atoms with E-state index in [9.17, 15) is 9.59 Å². The molecular formula is C17H16ClN3O3. The summed E-state index contributed by atoms with van der Waals surface area (Å²) in [5, 5.41) is 12.9. The molecule has 1 saturated carbocycles. The summed E-state index contributed by atoms with van der Waals surface area (Å²) >= 11 is 5.96. The molecule has 0 radical (unpaired) electrons. The first-order chi connectivity index (χ1) is 11.5. The summed E-state index contributed by atoms with van der Waals surface area (Å²) in [5.41, 5.74) is 1.88. The van der Waals surface area contributed by atoms with Crippen molar-refractivity contribution < 1.29 is 9.90 Å². The SMILES string of the molecule is O=C(O)Cn1cnc2c(c1=O)N[C@H](c1ccc(Cl)cc1)CC21CC1. The smallest absolute Gasteiger partial charge is 0.323 e. The van der Waals surface area contributed by atoms with Crippen molar-refractivity contribution in [3.8, 4) is 0 Å². The number of carbonyl (C=O) groups is 1. The van der Waals surface area contributed by atoms with Crippen LogP contribution in [-0.2, 0) is 16.8 Å². The maximum absolute atomic E-state index is 12.7. The van der Waals surface area contributed by atoms with E-state index in [4.69, 9.17) is 16.7 Å². The highest BCUT2D eigenvalue weighted by atomic mass is 35.5. The number of nitrogens with one attached hydrogen (secondary N) is 1. The zero-order valence-corrected chi connectivity index (χ0v) is 13.6. The molecule has 4 rings (SSSR count). The van der Waals surface area contributed by atoms with Gasteiger partial charge in [0.1, 0.15) is 12.2 Å². The number of halogens is 1. The van der Waals surface area contributed by atoms with Gasteiger partial charge in [-0.15, -0.1) is 0 Å². The molecule has 7 heteroatoms. The summed E-state index contributed by atoms with van der Waals surface area (Å²) in [7, 11) is 0. The summed E-state index contributed by atoms with van der Waals surface area (Å²) in [4.78, 5) is 28.0. The number of rotatable bonds is 3. The summed E-state index contributed by atoms with van der Waals surface area (Å²) in [6, 6.07) is 7.56. The minimum atomic E-state index is -1.06. The topological polar surface area (TPSA) is 84.2 Å². The Balaban J connectivity index is 1.76. The molecule has 0 bridgehead atoms. The fraction of sp³-hybridized carbons (Fsp3) is 0.353. The van der Waals surface area contributed by atoms with Crippen LogP contribution in [-0.4, -0.2) is 20.6 Å². The van der Waals surface area contributed by atoms with E-state index in [0.717, 1.165) is 35.1 Å². The van der Waals surface area contributed by atoms with Gasteiger partial charge in [0.15, 0.2) is 0 Å². The highest BCUT2D eigenvalue weighted by Gasteiger charge is 2.52. The van der Waals surface area contributed by atoms with E-state index in [1.165, 1.54) is 6.33 Å². The molecule has 0 saturated heterocycles. The van der Waals surface area contributed by atoms with Gasteiger partial charge in [0.2, 0.25) is 0 Å². The molecule has 1 atom stereocenters. The van der Waals surface area contributed by atoms with Crippen molar-refractivity contribution in [2.45, 2.75) is 37.3 Å². The largest absolute Gasteiger partial charge is 0.480 e. The van der Waals surface area contributed by atoms with Crippen LogP contribution in [0.15, 0.2) is 35.4 Å². The Kier molecular flexibility index (Phi) is 3.38. The maximum atomic E-state index is 12.7. The second-order valence-corrected chi connectivity index (χ2v) is 6.96. The predicted octanol–water partition coefficient (Wildman–Crippen LogP) is 2.57. The van der Waals surface area contributed by atoms with E-state index in [2.05, 4.69) is 10.3 Å². The summed E-state index contributed by atoms with van der Waals surface area (Å²) in [6.45, 7) is -0.389. The number of anilines is 1. The Bertz CT molecular complexity index is 872. The average Bonchev–Trinajstić information content (AvgIpc) is 3.31. The highest BCUT2D eigenvalue weighted by molar-refractivity contribution is 6.30. The molecule has 124 valence electrons. The van der Waals surface area contributed by atoms with Crippen LogP contribution in [0.5, 0.6) is 0 Å². The zero-order chi connectivity index (χ0) is 16.9. The molecule has 2 aliphatic rings. The Morgan fingerprint density at radius 3 is 2.71 bits per heavy atom. The van der Waals surface area contributed by atoms with Gasteiger partial charge in [0, 0.05) is 10.4 Å². The molecule has 2 heterocycles. The lowest BCUT2D eigenvalue weighted by Crippen LogP contribution is -2.36. The zero-order valence-electron chi connectivity index (χ0n) is 12.8. The van der Waals surface area contributed by atoms with Crippen LogP contribution in [0.3, 0.4) is 0 Å². The molecule has 2 aromatic rings. The maximum Gasteiger partial charge on any atom is 0.323 e. The van der Waals surface area contributed by atoms with E-state index >= 15 is 0 Å². The lowest BCUT2D eigenvalue weighted by molar-refractivity contribution is -0.137. The Hall–Kier alpha value is -2.34. The average molecular weight is 346 g/mol. The number of carboxylic acids is 1. The number of fused-ring (bicyclic) bond motifs is 2. The van der Waals surface area contributed by atoms with Gasteiger partial charge in [-0.05, 0) is 37.0 Å². The quantitative estimate of drug-likeness (QED) is 0.893. The van der Waals surface area contributed by atoms with Gasteiger partial charge in [-0.25, -0.2) is 4.98 Å². The van der Waals surface area contributed by atoms with Gasteiger partial charge in [-0.2, -0.15) is 0 Å². The Labute approximate surface area is 143 Å². The van der Waals surface area contributed by atoms with Gasteiger partial charge in [-0.1, -0.05) is 23.7 Å². The van der Waals surface area contributed by atoms with Crippen molar-refractivity contribution in [1.29, 1.82) is 0 Å². The number of aromatic nitrogens is 2. The van der Waals surface area contributed by atoms with Crippen LogP contribution in [0, 0.1) is 0 Å². The van der Waals surface area contributed by atoms with Crippen LogP contribution in [0.2, 0.25) is 5.02 Å². The number of hydrogen-bond donors (Lipinski definition) is 2. The van der Waals surface area contributed by atoms with Crippen molar-refractivity contribution in [1.82, 2.24) is 9.55 Å². The lowest BCUT2D eigenvalue weighted by Gasteiger charge is -2.32. The molecule has 1 aromatic heterocycles. The molecule has 0 amide bonds. The minimum absolute atomic E-state index is 0.00700. The fourth-order valence-electron chi connectivity index (χ4n) is 3.48. The Morgan fingerprint density at radius 1 is 1.38 bits per heavy atom. The second-order valence-electron chi connectivity index (χ2n) is 6.53. The third-order valence-corrected chi connectivity index (χ3v) is 5.14. The third kappa shape index (κ3) is 2.47. The molecule has 0 unspecified atom stereocenters. The van der Waals surface area contributed by atoms with Gasteiger partial charge in [0.05, 0.1) is 18.1 Å². The Morgan fingerprint density at radius 2 is 2.08 bits per heavy atom. The van der Waals surface area contributed by atoms with E-state index in [-0.39, 0.29) is 23.6 Å². The lowest BCUT2D eigenvalue weighted by atomic mass is 9.85. The van der Waals surface area contributed by atoms with Crippen molar-refractivity contribution in [3.05, 3.63) is 57.2 Å². The van der Waals surface area contributed by atoms with Crippen LogP contribution < -0.4 is 10.9 Å². The number of nitrogens with zero attached hydrogens (tertiary/aromatic N) is 2. The second kappa shape index (κ2) is 5.34. The summed E-state index contributed by atoms with van der Waals surface area (Å²) in [5.74, 6) is -1.06. The number of benzene rings is 1. The molecule has 1 spiro atoms. The third-order valence-electron chi connectivity index (χ3n) is 4.89. The first kappa shape index (κ1) is 15.2. The van der Waals surface area contributed by atoms with Gasteiger partial charge in [-0.3, -0.25) is 14.2 Å². The van der Waals surface area contributed by atoms with Gasteiger partial charge < -0.3 is 10.4 Å². The standard InChI is InChI=1S/C17H16ClN3O3/c18-11-3-1-10(2-4-11)12-7-17(5-6-17)15-14(20-12)16(24)21(9-19-15)8-13(22)23/h1-4,9,12,20H,5-8H2,(H,22,23)/t12-/m0/s1. The van der Waals surface area contributed by atoms with Crippen LogP contribution in [0.4, 0.5) is 5.69 Å². The van der Waals surface area contributed by atoms with Gasteiger partial charge >= 0.3 is 5.97 Å². The van der Waals surface area contributed by atoms with Crippen LogP contribution in [0.1, 0.15) is 36.6 Å². The first-order valence-corrected chi connectivity index (χ1v) is 8.20. The number of carboxylic acid groups (broad SMARTS) is 1. The molecule has 1 fully saturated rings. The number of aliphatic carboxylic acids is 1. The predicted molar refractivity (Wildman–Crippen MR) is 89.5 cm³/mol. The van der Waals surface area contributed by atoms with Crippen LogP contribution in [0.25, 0.3) is 0 Å². The van der Waals surface area contributed by atoms with Crippen molar-refractivity contribution in [2.75, 3.05) is 5.32 Å². The van der Waals surface area contributed by atoms with E-state index < -0.39 is 5.97 Å². The summed E-state index contributed by atoms with van der Waals surface area (Å²) < 4.78 is 1.13. The molecular weight excluding hydrogens is 330 g/mol. The van der Waals surface area contributed by atoms with E-state index in [1.807, 2.05) is 24.3 Å². The van der Waals surface area contributed by atoms with E-state index in [0.29, 0.717) is 10.7 Å². The minimum Gasteiger partial charge on any atom is -0.480 e. The van der Waals surface area contributed by atoms with Crippen molar-refractivity contribution in [3.63, 3.8) is 0 Å². The van der Waals surface area contributed by atoms with Crippen LogP contribution >= 0.6 is 11.6 Å². The highest BCUT2D eigenvalue weighted by Crippen LogP contribution is 2.57. The molecule has 1 aliphatic heterocycles. The molecule has 1 aromatic carbocycles. The first-order valence-electron chi connectivity index (χ1n) is 7.82. The number of hydrogen-bond acceptors (Lipinski definition) is 4. The van der Waals surface area contributed by atoms with Gasteiger partial charge in [0.25, 0.3) is 5.56 Å². The normalized spacial score (nSPS) is 20.3. The summed E-state index contributed by atoms with van der Waals surface area (Å²) in [6.07, 6.45) is 4.22. The monoisotopic (exact) mass is 345 g/mol. The molecule has 1 aliphatic carbocycles. The van der Waals surface area contributed by atoms with Crippen molar-refractivity contribution >= 4 is 23.3 Å². The molecule has 24 heavy (non-hydrogen) atoms. The fourth-order valence-corrected chi connectivity index (χ4v) is 3.61. The van der Waals surface area contributed by atoms with Crippen molar-refractivity contribution in [2.24, 2.45) is 0 Å².